The molecule has 0 amide bonds. The average molecular weight is 430 g/mol. The summed E-state index contributed by atoms with van der Waals surface area (Å²) >= 11 is 6.00. The average Bonchev–Trinajstić information content (AvgIpc) is 3.10. The third-order valence-corrected chi connectivity index (χ3v) is 5.72. The molecular weight excluding hydrogens is 403 g/mol. The number of hydrogen-bond acceptors (Lipinski definition) is 4. The van der Waals surface area contributed by atoms with Crippen molar-refractivity contribution in [2.24, 2.45) is 0 Å². The Kier molecular flexibility index (Phi) is 6.79. The molecule has 0 spiro atoms. The van der Waals surface area contributed by atoms with Gasteiger partial charge in [-0.25, -0.2) is 0 Å². The first-order valence-electron chi connectivity index (χ1n) is 10.0. The van der Waals surface area contributed by atoms with Crippen LogP contribution < -0.4 is 10.2 Å². The Labute approximate surface area is 174 Å². The number of anilines is 1. The molecule has 1 aliphatic rings. The minimum atomic E-state index is -4.45. The lowest BCUT2D eigenvalue weighted by atomic mass is 9.90. The van der Waals surface area contributed by atoms with E-state index in [4.69, 9.17) is 16.0 Å². The highest BCUT2D eigenvalue weighted by Crippen LogP contribution is 2.34. The van der Waals surface area contributed by atoms with Crippen LogP contribution in [-0.2, 0) is 12.7 Å². The molecule has 0 saturated carbocycles. The molecule has 29 heavy (non-hydrogen) atoms. The van der Waals surface area contributed by atoms with Gasteiger partial charge < -0.3 is 14.6 Å². The number of nitrogens with zero attached hydrogens (tertiary/aromatic N) is 2. The van der Waals surface area contributed by atoms with Crippen LogP contribution in [0.5, 0.6) is 0 Å². The zero-order valence-corrected chi connectivity index (χ0v) is 17.6. The maximum atomic E-state index is 13.2. The number of halogens is 4. The van der Waals surface area contributed by atoms with Crippen molar-refractivity contribution in [3.63, 3.8) is 0 Å². The van der Waals surface area contributed by atoms with Gasteiger partial charge in [0, 0.05) is 29.7 Å². The third-order valence-electron chi connectivity index (χ3n) is 5.50. The van der Waals surface area contributed by atoms with Gasteiger partial charge in [0.15, 0.2) is 0 Å². The Morgan fingerprint density at radius 2 is 1.83 bits per heavy atom. The van der Waals surface area contributed by atoms with Crippen LogP contribution in [-0.4, -0.2) is 23.1 Å². The van der Waals surface area contributed by atoms with E-state index in [1.807, 2.05) is 11.8 Å². The SMILES string of the molecule is CCC1CC(N(Cc2cc(Cl)cc(C(F)(F)F)c2)c2nc(C)co2)CC(CC)N1. The first-order valence-corrected chi connectivity index (χ1v) is 10.4. The molecule has 2 unspecified atom stereocenters. The molecule has 1 aromatic heterocycles. The molecule has 160 valence electrons. The molecule has 2 aromatic rings. The Bertz CT molecular complexity index is 812. The summed E-state index contributed by atoms with van der Waals surface area (Å²) in [5.74, 6) is 0. The topological polar surface area (TPSA) is 41.3 Å². The van der Waals surface area contributed by atoms with E-state index in [9.17, 15) is 13.2 Å². The van der Waals surface area contributed by atoms with Gasteiger partial charge in [-0.3, -0.25) is 0 Å². The summed E-state index contributed by atoms with van der Waals surface area (Å²) < 4.78 is 45.4. The lowest BCUT2D eigenvalue weighted by molar-refractivity contribution is -0.137. The van der Waals surface area contributed by atoms with E-state index in [0.29, 0.717) is 23.7 Å². The summed E-state index contributed by atoms with van der Waals surface area (Å²) in [6.45, 7) is 6.36. The van der Waals surface area contributed by atoms with Crippen LogP contribution >= 0.6 is 11.6 Å². The summed E-state index contributed by atoms with van der Waals surface area (Å²) in [6.07, 6.45) is 0.848. The zero-order valence-electron chi connectivity index (χ0n) is 16.9. The van der Waals surface area contributed by atoms with Crippen LogP contribution in [0.2, 0.25) is 5.02 Å². The quantitative estimate of drug-likeness (QED) is 0.614. The largest absolute Gasteiger partial charge is 0.432 e. The van der Waals surface area contributed by atoms with Gasteiger partial charge in [0.25, 0.3) is 6.01 Å². The molecule has 1 saturated heterocycles. The first-order chi connectivity index (χ1) is 13.7. The highest BCUT2D eigenvalue weighted by Gasteiger charge is 2.34. The Balaban J connectivity index is 1.94. The molecule has 0 radical (unpaired) electrons. The fourth-order valence-electron chi connectivity index (χ4n) is 3.97. The Hall–Kier alpha value is -1.73. The fraction of sp³-hybridized carbons (Fsp3) is 0.571. The van der Waals surface area contributed by atoms with E-state index in [1.54, 1.807) is 12.3 Å². The maximum Gasteiger partial charge on any atom is 0.416 e. The number of aromatic nitrogens is 1. The number of benzene rings is 1. The molecule has 0 aliphatic carbocycles. The summed E-state index contributed by atoms with van der Waals surface area (Å²) in [4.78, 5) is 6.45. The summed E-state index contributed by atoms with van der Waals surface area (Å²) in [5, 5.41) is 3.72. The van der Waals surface area contributed by atoms with Gasteiger partial charge in [-0.15, -0.1) is 0 Å². The molecule has 4 nitrogen and oxygen atoms in total. The Morgan fingerprint density at radius 1 is 1.17 bits per heavy atom. The van der Waals surface area contributed by atoms with Crippen molar-refractivity contribution < 1.29 is 17.6 Å². The van der Waals surface area contributed by atoms with Gasteiger partial charge in [-0.05, 0) is 56.4 Å². The molecule has 8 heteroatoms. The second-order valence-corrected chi connectivity index (χ2v) is 8.18. The standard InChI is InChI=1S/C21H27ClF3N3O/c1-4-17-9-19(10-18(5-2)27-17)28(20-26-13(3)12-29-20)11-14-6-15(21(23,24)25)8-16(22)7-14/h6-8,12,17-19,27H,4-5,9-11H2,1-3H3. The third kappa shape index (κ3) is 5.45. The number of aryl methyl sites for hydroxylation is 1. The number of hydrogen-bond donors (Lipinski definition) is 1. The molecule has 3 rings (SSSR count). The molecule has 1 aliphatic heterocycles. The van der Waals surface area contributed by atoms with Gasteiger partial charge in [0.2, 0.25) is 0 Å². The zero-order chi connectivity index (χ0) is 21.2. The van der Waals surface area contributed by atoms with E-state index >= 15 is 0 Å². The monoisotopic (exact) mass is 429 g/mol. The lowest BCUT2D eigenvalue weighted by Gasteiger charge is -2.41. The molecule has 1 fully saturated rings. The van der Waals surface area contributed by atoms with E-state index in [1.165, 1.54) is 0 Å². The van der Waals surface area contributed by atoms with Crippen LogP contribution in [0.4, 0.5) is 19.2 Å². The maximum absolute atomic E-state index is 13.2. The van der Waals surface area contributed by atoms with Crippen molar-refractivity contribution in [1.29, 1.82) is 0 Å². The van der Waals surface area contributed by atoms with E-state index in [-0.39, 0.29) is 17.6 Å². The summed E-state index contributed by atoms with van der Waals surface area (Å²) in [6, 6.07) is 4.93. The normalized spacial score (nSPS) is 22.7. The van der Waals surface area contributed by atoms with Crippen molar-refractivity contribution in [3.05, 3.63) is 46.3 Å². The van der Waals surface area contributed by atoms with E-state index in [2.05, 4.69) is 24.1 Å². The van der Waals surface area contributed by atoms with Crippen LogP contribution in [0.15, 0.2) is 28.9 Å². The van der Waals surface area contributed by atoms with Gasteiger partial charge >= 0.3 is 6.18 Å². The van der Waals surface area contributed by atoms with Crippen LogP contribution in [0.25, 0.3) is 0 Å². The summed E-state index contributed by atoms with van der Waals surface area (Å²) in [7, 11) is 0. The molecule has 2 heterocycles. The van der Waals surface area contributed by atoms with E-state index < -0.39 is 11.7 Å². The van der Waals surface area contributed by atoms with Crippen molar-refractivity contribution >= 4 is 17.6 Å². The Morgan fingerprint density at radius 3 is 2.34 bits per heavy atom. The predicted octanol–water partition coefficient (Wildman–Crippen LogP) is 5.97. The summed E-state index contributed by atoms with van der Waals surface area (Å²) in [5.41, 5.74) is 0.479. The smallest absolute Gasteiger partial charge is 0.416 e. The number of piperidine rings is 1. The van der Waals surface area contributed by atoms with Crippen molar-refractivity contribution in [2.75, 3.05) is 4.90 Å². The first kappa shape index (κ1) is 22.0. The highest BCUT2D eigenvalue weighted by molar-refractivity contribution is 6.30. The second-order valence-electron chi connectivity index (χ2n) is 7.75. The molecule has 0 bridgehead atoms. The molecule has 1 N–H and O–H groups in total. The minimum absolute atomic E-state index is 0.0709. The van der Waals surface area contributed by atoms with Gasteiger partial charge in [0.05, 0.1) is 11.3 Å². The van der Waals surface area contributed by atoms with Crippen LogP contribution in [0, 0.1) is 6.92 Å². The number of oxazole rings is 1. The van der Waals surface area contributed by atoms with Crippen LogP contribution in [0.3, 0.4) is 0 Å². The molecule has 2 atom stereocenters. The van der Waals surface area contributed by atoms with Crippen molar-refractivity contribution in [3.8, 4) is 0 Å². The van der Waals surface area contributed by atoms with E-state index in [0.717, 1.165) is 43.5 Å². The highest BCUT2D eigenvalue weighted by atomic mass is 35.5. The van der Waals surface area contributed by atoms with Gasteiger partial charge in [-0.1, -0.05) is 25.4 Å². The minimum Gasteiger partial charge on any atom is -0.432 e. The van der Waals surface area contributed by atoms with Crippen LogP contribution in [0.1, 0.15) is 56.4 Å². The van der Waals surface area contributed by atoms with Gasteiger partial charge in [-0.2, -0.15) is 18.2 Å². The number of nitrogens with one attached hydrogen (secondary N) is 1. The van der Waals surface area contributed by atoms with Gasteiger partial charge in [0.1, 0.15) is 6.26 Å². The number of rotatable bonds is 6. The predicted molar refractivity (Wildman–Crippen MR) is 108 cm³/mol. The lowest BCUT2D eigenvalue weighted by Crippen LogP contribution is -2.52. The van der Waals surface area contributed by atoms with Crippen molar-refractivity contribution in [1.82, 2.24) is 10.3 Å². The molecular formula is C21H27ClF3N3O. The fourth-order valence-corrected chi connectivity index (χ4v) is 4.23. The second kappa shape index (κ2) is 8.96. The molecule has 1 aromatic carbocycles. The number of alkyl halides is 3. The van der Waals surface area contributed by atoms with Crippen molar-refractivity contribution in [2.45, 2.75) is 77.3 Å².